The molecule has 1 aromatic rings. The highest BCUT2D eigenvalue weighted by molar-refractivity contribution is 5.29. The first-order chi connectivity index (χ1) is 8.11. The highest BCUT2D eigenvalue weighted by atomic mass is 19.1. The van der Waals surface area contributed by atoms with Gasteiger partial charge in [0.25, 0.3) is 0 Å². The number of halogens is 1. The highest BCUT2D eigenvalue weighted by Crippen LogP contribution is 2.17. The van der Waals surface area contributed by atoms with Gasteiger partial charge in [-0.05, 0) is 31.5 Å². The Kier molecular flexibility index (Phi) is 5.94. The number of hydrogen-bond donors (Lipinski definition) is 1. The Morgan fingerprint density at radius 2 is 2.06 bits per heavy atom. The molecule has 0 aliphatic rings. The molecule has 1 N–H and O–H groups in total. The largest absolute Gasteiger partial charge is 0.491 e. The summed E-state index contributed by atoms with van der Waals surface area (Å²) in [5, 5.41) is 3.16. The second-order valence-corrected chi connectivity index (χ2v) is 4.13. The van der Waals surface area contributed by atoms with Crippen LogP contribution in [0.3, 0.4) is 0 Å². The second kappa shape index (κ2) is 7.25. The van der Waals surface area contributed by atoms with E-state index in [1.165, 1.54) is 12.1 Å². The zero-order valence-corrected chi connectivity index (χ0v) is 10.6. The summed E-state index contributed by atoms with van der Waals surface area (Å²) in [5.74, 6) is 0.301. The van der Waals surface area contributed by atoms with E-state index < -0.39 is 0 Å². The molecule has 17 heavy (non-hydrogen) atoms. The van der Waals surface area contributed by atoms with Gasteiger partial charge < -0.3 is 14.8 Å². The van der Waals surface area contributed by atoms with E-state index in [-0.39, 0.29) is 11.9 Å². The maximum Gasteiger partial charge on any atom is 0.127 e. The van der Waals surface area contributed by atoms with Crippen LogP contribution in [0.5, 0.6) is 5.75 Å². The van der Waals surface area contributed by atoms with Crippen LogP contribution in [-0.4, -0.2) is 26.4 Å². The summed E-state index contributed by atoms with van der Waals surface area (Å²) in [6.07, 6.45) is 0.0473. The molecule has 0 bridgehead atoms. The van der Waals surface area contributed by atoms with E-state index in [4.69, 9.17) is 9.47 Å². The normalized spacial score (nSPS) is 10.9. The fourth-order valence-electron chi connectivity index (χ4n) is 1.47. The van der Waals surface area contributed by atoms with Crippen molar-refractivity contribution in [3.8, 4) is 5.75 Å². The van der Waals surface area contributed by atoms with Crippen LogP contribution < -0.4 is 10.1 Å². The van der Waals surface area contributed by atoms with Crippen LogP contribution in [0.4, 0.5) is 4.39 Å². The van der Waals surface area contributed by atoms with Gasteiger partial charge in [-0.25, -0.2) is 4.39 Å². The van der Waals surface area contributed by atoms with Crippen LogP contribution in [0.1, 0.15) is 19.4 Å². The van der Waals surface area contributed by atoms with Crippen LogP contribution in [0.2, 0.25) is 0 Å². The van der Waals surface area contributed by atoms with Crippen LogP contribution in [0.15, 0.2) is 18.2 Å². The molecule has 0 spiro atoms. The predicted octanol–water partition coefficient (Wildman–Crippen LogP) is 2.35. The molecule has 1 rings (SSSR count). The van der Waals surface area contributed by atoms with E-state index in [2.05, 4.69) is 5.32 Å². The van der Waals surface area contributed by atoms with Gasteiger partial charge in [0.1, 0.15) is 11.6 Å². The first-order valence-electron chi connectivity index (χ1n) is 5.77. The van der Waals surface area contributed by atoms with E-state index in [1.807, 2.05) is 19.9 Å². The molecule has 4 heteroatoms. The van der Waals surface area contributed by atoms with Gasteiger partial charge in [-0.2, -0.15) is 0 Å². The van der Waals surface area contributed by atoms with Crippen LogP contribution in [0, 0.1) is 5.82 Å². The van der Waals surface area contributed by atoms with Crippen molar-refractivity contribution in [3.63, 3.8) is 0 Å². The average molecular weight is 241 g/mol. The molecule has 1 aromatic carbocycles. The van der Waals surface area contributed by atoms with Crippen molar-refractivity contribution in [1.29, 1.82) is 0 Å². The predicted molar refractivity (Wildman–Crippen MR) is 65.7 cm³/mol. The highest BCUT2D eigenvalue weighted by Gasteiger charge is 2.03. The number of rotatable bonds is 7. The number of nitrogens with one attached hydrogen (secondary N) is 1. The van der Waals surface area contributed by atoms with Crippen LogP contribution in [-0.2, 0) is 11.3 Å². The first-order valence-corrected chi connectivity index (χ1v) is 5.77. The molecule has 0 aliphatic heterocycles. The average Bonchev–Trinajstić information content (AvgIpc) is 2.22. The second-order valence-electron chi connectivity index (χ2n) is 4.13. The summed E-state index contributed by atoms with van der Waals surface area (Å²) in [7, 11) is 1.65. The Hall–Kier alpha value is -1.13. The quantitative estimate of drug-likeness (QED) is 0.743. The zero-order valence-electron chi connectivity index (χ0n) is 10.6. The van der Waals surface area contributed by atoms with E-state index in [1.54, 1.807) is 7.11 Å². The van der Waals surface area contributed by atoms with E-state index in [0.29, 0.717) is 18.9 Å². The fourth-order valence-corrected chi connectivity index (χ4v) is 1.47. The van der Waals surface area contributed by atoms with Gasteiger partial charge in [0.15, 0.2) is 0 Å². The summed E-state index contributed by atoms with van der Waals surface area (Å²) in [4.78, 5) is 0. The molecule has 0 atom stereocenters. The third-order valence-corrected chi connectivity index (χ3v) is 2.11. The molecule has 0 radical (unpaired) electrons. The van der Waals surface area contributed by atoms with Crippen molar-refractivity contribution in [2.24, 2.45) is 0 Å². The molecular weight excluding hydrogens is 221 g/mol. The minimum absolute atomic E-state index is 0.0473. The van der Waals surface area contributed by atoms with Gasteiger partial charge in [0.05, 0.1) is 12.7 Å². The maximum absolute atomic E-state index is 13.3. The first kappa shape index (κ1) is 13.9. The smallest absolute Gasteiger partial charge is 0.127 e. The summed E-state index contributed by atoms with van der Waals surface area (Å²) >= 11 is 0. The zero-order chi connectivity index (χ0) is 12.7. The Labute approximate surface area is 102 Å². The summed E-state index contributed by atoms with van der Waals surface area (Å²) in [5.41, 5.74) is 0.872. The minimum atomic E-state index is -0.272. The molecule has 0 aliphatic carbocycles. The van der Waals surface area contributed by atoms with Crippen molar-refractivity contribution >= 4 is 0 Å². The standard InChI is InChI=1S/C13H20FNO2/c1-10(2)17-13-7-11(6-12(14)8-13)9-15-4-5-16-3/h6-8,10,15H,4-5,9H2,1-3H3. The Balaban J connectivity index is 2.56. The van der Waals surface area contributed by atoms with Crippen molar-refractivity contribution in [2.75, 3.05) is 20.3 Å². The van der Waals surface area contributed by atoms with Gasteiger partial charge in [-0.15, -0.1) is 0 Å². The third kappa shape index (κ3) is 5.65. The maximum atomic E-state index is 13.3. The topological polar surface area (TPSA) is 30.5 Å². The van der Waals surface area contributed by atoms with Crippen LogP contribution in [0.25, 0.3) is 0 Å². The SMILES string of the molecule is COCCNCc1cc(F)cc(OC(C)C)c1. The fraction of sp³-hybridized carbons (Fsp3) is 0.538. The third-order valence-electron chi connectivity index (χ3n) is 2.11. The van der Waals surface area contributed by atoms with Gasteiger partial charge in [0.2, 0.25) is 0 Å². The Bertz CT molecular complexity index is 342. The van der Waals surface area contributed by atoms with Crippen molar-refractivity contribution in [2.45, 2.75) is 26.5 Å². The molecule has 96 valence electrons. The summed E-state index contributed by atoms with van der Waals surface area (Å²) in [6.45, 7) is 5.83. The van der Waals surface area contributed by atoms with Gasteiger partial charge in [-0.1, -0.05) is 0 Å². The molecule has 0 aromatic heterocycles. The van der Waals surface area contributed by atoms with Gasteiger partial charge in [-0.3, -0.25) is 0 Å². The summed E-state index contributed by atoms with van der Waals surface area (Å²) < 4.78 is 23.7. The molecule has 0 heterocycles. The number of methoxy groups -OCH3 is 1. The van der Waals surface area contributed by atoms with E-state index >= 15 is 0 Å². The lowest BCUT2D eigenvalue weighted by atomic mass is 10.2. The van der Waals surface area contributed by atoms with Crippen molar-refractivity contribution in [3.05, 3.63) is 29.6 Å². The lowest BCUT2D eigenvalue weighted by Crippen LogP contribution is -2.18. The van der Waals surface area contributed by atoms with Crippen molar-refractivity contribution in [1.82, 2.24) is 5.32 Å². The summed E-state index contributed by atoms with van der Waals surface area (Å²) in [6, 6.07) is 4.76. The molecular formula is C13H20FNO2. The molecule has 0 saturated heterocycles. The van der Waals surface area contributed by atoms with E-state index in [9.17, 15) is 4.39 Å². The lowest BCUT2D eigenvalue weighted by Gasteiger charge is -2.11. The molecule has 0 saturated carbocycles. The Morgan fingerprint density at radius 3 is 2.71 bits per heavy atom. The minimum Gasteiger partial charge on any atom is -0.491 e. The molecule has 0 amide bonds. The number of hydrogen-bond acceptors (Lipinski definition) is 3. The van der Waals surface area contributed by atoms with E-state index in [0.717, 1.165) is 12.1 Å². The Morgan fingerprint density at radius 1 is 1.29 bits per heavy atom. The number of benzene rings is 1. The molecule has 0 fully saturated rings. The monoisotopic (exact) mass is 241 g/mol. The molecule has 3 nitrogen and oxygen atoms in total. The van der Waals surface area contributed by atoms with Gasteiger partial charge in [0, 0.05) is 26.3 Å². The number of ether oxygens (including phenoxy) is 2. The van der Waals surface area contributed by atoms with Gasteiger partial charge >= 0.3 is 0 Å². The molecule has 0 unspecified atom stereocenters. The van der Waals surface area contributed by atoms with Crippen LogP contribution >= 0.6 is 0 Å². The lowest BCUT2D eigenvalue weighted by molar-refractivity contribution is 0.199. The van der Waals surface area contributed by atoms with Crippen molar-refractivity contribution < 1.29 is 13.9 Å².